The van der Waals surface area contributed by atoms with E-state index in [9.17, 15) is 5.11 Å². The molecule has 0 bridgehead atoms. The van der Waals surface area contributed by atoms with Crippen LogP contribution in [0.15, 0.2) is 30.3 Å². The van der Waals surface area contributed by atoms with Crippen molar-refractivity contribution in [3.8, 4) is 11.5 Å². The Morgan fingerprint density at radius 1 is 0.952 bits per heavy atom. The average Bonchev–Trinajstić information content (AvgIpc) is 2.49. The van der Waals surface area contributed by atoms with Gasteiger partial charge in [-0.2, -0.15) is 0 Å². The minimum Gasteiger partial charge on any atom is -0.493 e. The largest absolute Gasteiger partial charge is 0.493 e. The normalized spacial score (nSPS) is 12.1. The van der Waals surface area contributed by atoms with Gasteiger partial charge >= 0.3 is 0 Å². The zero-order chi connectivity index (χ0) is 15.6. The van der Waals surface area contributed by atoms with Crippen LogP contribution in [-0.2, 0) is 0 Å². The van der Waals surface area contributed by atoms with E-state index in [1.165, 1.54) is 14.2 Å². The van der Waals surface area contributed by atoms with Gasteiger partial charge in [-0.15, -0.1) is 0 Å². The number of hydrogen-bond acceptors (Lipinski definition) is 3. The van der Waals surface area contributed by atoms with Crippen molar-refractivity contribution in [3.05, 3.63) is 57.1 Å². The monoisotopic (exact) mass is 326 g/mol. The Morgan fingerprint density at radius 2 is 1.57 bits per heavy atom. The Kier molecular flexibility index (Phi) is 4.99. The number of benzene rings is 2. The van der Waals surface area contributed by atoms with Crippen molar-refractivity contribution in [2.75, 3.05) is 14.2 Å². The van der Waals surface area contributed by atoms with E-state index < -0.39 is 6.10 Å². The summed E-state index contributed by atoms with van der Waals surface area (Å²) in [5.74, 6) is 1.02. The Morgan fingerprint density at radius 3 is 2.19 bits per heavy atom. The van der Waals surface area contributed by atoms with E-state index in [0.717, 1.165) is 5.56 Å². The number of rotatable bonds is 4. The molecule has 1 atom stereocenters. The molecule has 0 aromatic heterocycles. The molecule has 0 heterocycles. The molecule has 0 amide bonds. The van der Waals surface area contributed by atoms with E-state index in [4.69, 9.17) is 32.7 Å². The lowest BCUT2D eigenvalue weighted by molar-refractivity contribution is 0.219. The van der Waals surface area contributed by atoms with Gasteiger partial charge in [0.2, 0.25) is 0 Å². The molecule has 1 N–H and O–H groups in total. The second-order valence-corrected chi connectivity index (χ2v) is 5.40. The summed E-state index contributed by atoms with van der Waals surface area (Å²) in [7, 11) is 3.07. The molecule has 2 aromatic rings. The quantitative estimate of drug-likeness (QED) is 0.904. The molecule has 0 saturated carbocycles. The summed E-state index contributed by atoms with van der Waals surface area (Å²) < 4.78 is 10.4. The molecular formula is C16H16Cl2O3. The first-order valence-electron chi connectivity index (χ1n) is 6.34. The van der Waals surface area contributed by atoms with Gasteiger partial charge in [0.25, 0.3) is 0 Å². The smallest absolute Gasteiger partial charge is 0.162 e. The minimum atomic E-state index is -0.893. The van der Waals surface area contributed by atoms with Gasteiger partial charge in [0.05, 0.1) is 19.2 Å². The summed E-state index contributed by atoms with van der Waals surface area (Å²) >= 11 is 12.3. The standard InChI is InChI=1S/C16H16Cl2O3/c1-9-10(5-4-6-12(9)17)16(19)11-7-14(20-2)15(21-3)8-13(11)18/h4-8,16,19H,1-3H3. The molecule has 3 nitrogen and oxygen atoms in total. The van der Waals surface area contributed by atoms with Crippen LogP contribution >= 0.6 is 23.2 Å². The fourth-order valence-electron chi connectivity index (χ4n) is 2.17. The van der Waals surface area contributed by atoms with E-state index in [-0.39, 0.29) is 0 Å². The van der Waals surface area contributed by atoms with Gasteiger partial charge in [-0.1, -0.05) is 35.3 Å². The van der Waals surface area contributed by atoms with Crippen molar-refractivity contribution < 1.29 is 14.6 Å². The van der Waals surface area contributed by atoms with Crippen molar-refractivity contribution in [1.29, 1.82) is 0 Å². The Labute approximate surface area is 134 Å². The van der Waals surface area contributed by atoms with Crippen LogP contribution in [0.5, 0.6) is 11.5 Å². The fourth-order valence-corrected chi connectivity index (χ4v) is 2.61. The summed E-state index contributed by atoms with van der Waals surface area (Å²) in [4.78, 5) is 0. The van der Waals surface area contributed by atoms with Crippen molar-refractivity contribution >= 4 is 23.2 Å². The average molecular weight is 327 g/mol. The van der Waals surface area contributed by atoms with Gasteiger partial charge in [-0.05, 0) is 30.2 Å². The molecule has 0 aliphatic heterocycles. The summed E-state index contributed by atoms with van der Waals surface area (Å²) in [6, 6.07) is 8.69. The molecule has 0 fully saturated rings. The zero-order valence-electron chi connectivity index (χ0n) is 12.0. The molecule has 112 valence electrons. The summed E-state index contributed by atoms with van der Waals surface area (Å²) in [6.07, 6.45) is -0.893. The summed E-state index contributed by atoms with van der Waals surface area (Å²) in [6.45, 7) is 1.86. The van der Waals surface area contributed by atoms with Gasteiger partial charge < -0.3 is 14.6 Å². The molecule has 21 heavy (non-hydrogen) atoms. The van der Waals surface area contributed by atoms with Crippen molar-refractivity contribution in [2.45, 2.75) is 13.0 Å². The van der Waals surface area contributed by atoms with Crippen LogP contribution in [0.25, 0.3) is 0 Å². The van der Waals surface area contributed by atoms with Crippen LogP contribution in [0, 0.1) is 6.92 Å². The molecule has 1 unspecified atom stereocenters. The van der Waals surface area contributed by atoms with Crippen molar-refractivity contribution in [3.63, 3.8) is 0 Å². The van der Waals surface area contributed by atoms with E-state index in [1.807, 2.05) is 13.0 Å². The van der Waals surface area contributed by atoms with Crippen LogP contribution in [0.4, 0.5) is 0 Å². The number of methoxy groups -OCH3 is 2. The van der Waals surface area contributed by atoms with E-state index in [1.54, 1.807) is 24.3 Å². The number of aliphatic hydroxyl groups excluding tert-OH is 1. The lowest BCUT2D eigenvalue weighted by Crippen LogP contribution is -2.04. The van der Waals surface area contributed by atoms with E-state index in [0.29, 0.717) is 32.7 Å². The number of halogens is 2. The predicted molar refractivity (Wildman–Crippen MR) is 84.8 cm³/mol. The number of aliphatic hydroxyl groups is 1. The second kappa shape index (κ2) is 6.56. The zero-order valence-corrected chi connectivity index (χ0v) is 13.5. The third-order valence-electron chi connectivity index (χ3n) is 3.40. The molecule has 0 radical (unpaired) electrons. The first-order chi connectivity index (χ1) is 9.99. The van der Waals surface area contributed by atoms with Crippen LogP contribution < -0.4 is 9.47 Å². The minimum absolute atomic E-state index is 0.402. The highest BCUT2D eigenvalue weighted by atomic mass is 35.5. The SMILES string of the molecule is COc1cc(Cl)c(C(O)c2cccc(Cl)c2C)cc1OC. The van der Waals surface area contributed by atoms with Crippen LogP contribution in [-0.4, -0.2) is 19.3 Å². The maximum atomic E-state index is 10.6. The van der Waals surface area contributed by atoms with Crippen LogP contribution in [0.3, 0.4) is 0 Å². The molecule has 2 aromatic carbocycles. The first kappa shape index (κ1) is 16.0. The van der Waals surface area contributed by atoms with Crippen molar-refractivity contribution in [1.82, 2.24) is 0 Å². The van der Waals surface area contributed by atoms with E-state index in [2.05, 4.69) is 0 Å². The maximum absolute atomic E-state index is 10.6. The Bertz CT molecular complexity index is 656. The van der Waals surface area contributed by atoms with Gasteiger partial charge in [0, 0.05) is 16.7 Å². The molecular weight excluding hydrogens is 311 g/mol. The first-order valence-corrected chi connectivity index (χ1v) is 7.09. The third kappa shape index (κ3) is 3.10. The lowest BCUT2D eigenvalue weighted by Gasteiger charge is -2.18. The molecule has 5 heteroatoms. The van der Waals surface area contributed by atoms with Gasteiger partial charge in [0.15, 0.2) is 11.5 Å². The number of hydrogen-bond donors (Lipinski definition) is 1. The van der Waals surface area contributed by atoms with Gasteiger partial charge in [0.1, 0.15) is 6.10 Å². The summed E-state index contributed by atoms with van der Waals surface area (Å²) in [5, 5.41) is 11.6. The summed E-state index contributed by atoms with van der Waals surface area (Å²) in [5.41, 5.74) is 2.06. The van der Waals surface area contributed by atoms with E-state index >= 15 is 0 Å². The van der Waals surface area contributed by atoms with Crippen LogP contribution in [0.2, 0.25) is 10.0 Å². The van der Waals surface area contributed by atoms with Gasteiger partial charge in [-0.25, -0.2) is 0 Å². The third-order valence-corrected chi connectivity index (χ3v) is 4.14. The molecule has 0 saturated heterocycles. The molecule has 2 rings (SSSR count). The predicted octanol–water partition coefficient (Wildman–Crippen LogP) is 4.40. The van der Waals surface area contributed by atoms with Gasteiger partial charge in [-0.3, -0.25) is 0 Å². The highest BCUT2D eigenvalue weighted by Gasteiger charge is 2.20. The van der Waals surface area contributed by atoms with Crippen LogP contribution in [0.1, 0.15) is 22.8 Å². The Balaban J connectivity index is 2.53. The second-order valence-electron chi connectivity index (χ2n) is 4.59. The molecule has 0 aliphatic carbocycles. The highest BCUT2D eigenvalue weighted by molar-refractivity contribution is 6.32. The number of ether oxygens (including phenoxy) is 2. The Hall–Kier alpha value is -1.42. The molecule has 0 aliphatic rings. The topological polar surface area (TPSA) is 38.7 Å². The lowest BCUT2D eigenvalue weighted by atomic mass is 9.97. The maximum Gasteiger partial charge on any atom is 0.162 e. The highest BCUT2D eigenvalue weighted by Crippen LogP contribution is 2.39. The fraction of sp³-hybridized carbons (Fsp3) is 0.250. The van der Waals surface area contributed by atoms with Crippen molar-refractivity contribution in [2.24, 2.45) is 0 Å². The molecule has 0 spiro atoms.